The predicted octanol–water partition coefficient (Wildman–Crippen LogP) is 1.91. The van der Waals surface area contributed by atoms with Crippen LogP contribution in [0.5, 0.6) is 0 Å². The van der Waals surface area contributed by atoms with Crippen molar-refractivity contribution in [3.63, 3.8) is 0 Å². The summed E-state index contributed by atoms with van der Waals surface area (Å²) in [6.07, 6.45) is -4.53. The molecule has 0 fully saturated rings. The molecule has 3 N–H and O–H groups in total. The van der Waals surface area contributed by atoms with Gasteiger partial charge in [-0.05, 0) is 25.1 Å². The van der Waals surface area contributed by atoms with Crippen molar-refractivity contribution in [2.45, 2.75) is 13.1 Å². The van der Waals surface area contributed by atoms with Crippen molar-refractivity contribution >= 4 is 28.8 Å². The number of nitrogens with zero attached hydrogens (tertiary/aromatic N) is 1. The first-order valence-corrected chi connectivity index (χ1v) is 6.58. The van der Waals surface area contributed by atoms with Gasteiger partial charge in [0.15, 0.2) is 0 Å². The first kappa shape index (κ1) is 17.2. The zero-order valence-electron chi connectivity index (χ0n) is 11.6. The van der Waals surface area contributed by atoms with Gasteiger partial charge in [0.05, 0.1) is 12.1 Å². The topological polar surface area (TPSA) is 58.4 Å². The van der Waals surface area contributed by atoms with E-state index in [2.05, 4.69) is 5.32 Å². The number of likely N-dealkylation sites (N-methyl/N-ethyl adjacent to an activating group) is 2. The fraction of sp³-hybridized carbons (Fsp3) is 0.385. The number of carbonyl (C=O) groups is 1. The van der Waals surface area contributed by atoms with E-state index in [1.807, 2.05) is 0 Å². The van der Waals surface area contributed by atoms with Gasteiger partial charge in [-0.15, -0.1) is 0 Å². The van der Waals surface area contributed by atoms with Gasteiger partial charge in [0, 0.05) is 24.8 Å². The fourth-order valence-electron chi connectivity index (χ4n) is 1.82. The third-order valence-electron chi connectivity index (χ3n) is 2.93. The van der Waals surface area contributed by atoms with Crippen molar-refractivity contribution < 1.29 is 18.0 Å². The van der Waals surface area contributed by atoms with Crippen LogP contribution in [-0.4, -0.2) is 31.0 Å². The Labute approximate surface area is 126 Å². The molecule has 0 saturated heterocycles. The average molecular weight is 319 g/mol. The molecule has 0 radical (unpaired) electrons. The van der Waals surface area contributed by atoms with Crippen molar-refractivity contribution in [3.8, 4) is 0 Å². The average Bonchev–Trinajstić information content (AvgIpc) is 2.42. The monoisotopic (exact) mass is 319 g/mol. The molecule has 0 unspecified atom stereocenters. The smallest absolute Gasteiger partial charge is 0.389 e. The van der Waals surface area contributed by atoms with Crippen LogP contribution in [0.2, 0.25) is 0 Å². The van der Waals surface area contributed by atoms with Crippen molar-refractivity contribution in [2.75, 3.05) is 25.0 Å². The van der Waals surface area contributed by atoms with E-state index in [4.69, 9.17) is 18.0 Å². The van der Waals surface area contributed by atoms with Crippen molar-refractivity contribution in [2.24, 2.45) is 5.73 Å². The molecule has 0 bridgehead atoms. The Hall–Kier alpha value is -1.83. The summed E-state index contributed by atoms with van der Waals surface area (Å²) in [5.41, 5.74) is 4.71. The zero-order chi connectivity index (χ0) is 16.2. The number of alkyl halides is 3. The first-order valence-electron chi connectivity index (χ1n) is 6.17. The van der Waals surface area contributed by atoms with Crippen molar-refractivity contribution in [1.29, 1.82) is 0 Å². The van der Waals surface area contributed by atoms with E-state index < -0.39 is 11.7 Å². The Bertz CT molecular complexity index is 546. The number of rotatable bonds is 5. The second kappa shape index (κ2) is 6.75. The molecule has 1 aromatic rings. The summed E-state index contributed by atoms with van der Waals surface area (Å²) in [6, 6.07) is 3.49. The highest BCUT2D eigenvalue weighted by atomic mass is 32.1. The Morgan fingerprint density at radius 1 is 1.43 bits per heavy atom. The SMILES string of the molecule is CCN(CC(=O)NC)c1ccc(C(F)(F)F)c(C(N)=S)c1. The van der Waals surface area contributed by atoms with Crippen LogP contribution in [-0.2, 0) is 11.0 Å². The third kappa shape index (κ3) is 4.32. The molecule has 0 atom stereocenters. The number of anilines is 1. The van der Waals surface area contributed by atoms with Crippen LogP contribution in [0.15, 0.2) is 18.2 Å². The van der Waals surface area contributed by atoms with Crippen LogP contribution >= 0.6 is 12.2 Å². The Morgan fingerprint density at radius 3 is 2.48 bits per heavy atom. The summed E-state index contributed by atoms with van der Waals surface area (Å²) in [4.78, 5) is 12.7. The number of benzene rings is 1. The molecule has 0 aliphatic carbocycles. The highest BCUT2D eigenvalue weighted by molar-refractivity contribution is 7.80. The van der Waals surface area contributed by atoms with E-state index >= 15 is 0 Å². The van der Waals surface area contributed by atoms with E-state index in [-0.39, 0.29) is 23.0 Å². The highest BCUT2D eigenvalue weighted by Gasteiger charge is 2.34. The van der Waals surface area contributed by atoms with Gasteiger partial charge in [0.25, 0.3) is 0 Å². The van der Waals surface area contributed by atoms with Crippen LogP contribution in [0.25, 0.3) is 0 Å². The van der Waals surface area contributed by atoms with E-state index in [1.54, 1.807) is 11.8 Å². The van der Waals surface area contributed by atoms with Gasteiger partial charge in [0.2, 0.25) is 5.91 Å². The molecule has 0 aromatic heterocycles. The van der Waals surface area contributed by atoms with Gasteiger partial charge in [-0.3, -0.25) is 4.79 Å². The summed E-state index contributed by atoms with van der Waals surface area (Å²) >= 11 is 4.69. The Kier molecular flexibility index (Phi) is 5.54. The summed E-state index contributed by atoms with van der Waals surface area (Å²) in [5.74, 6) is -0.242. The molecule has 8 heteroatoms. The molecular formula is C13H16F3N3OS. The number of nitrogens with two attached hydrogens (primary N) is 1. The minimum Gasteiger partial charge on any atom is -0.389 e. The van der Waals surface area contributed by atoms with Gasteiger partial charge in [0.1, 0.15) is 4.99 Å². The van der Waals surface area contributed by atoms with E-state index in [9.17, 15) is 18.0 Å². The van der Waals surface area contributed by atoms with Gasteiger partial charge in [-0.2, -0.15) is 13.2 Å². The second-order valence-electron chi connectivity index (χ2n) is 4.28. The lowest BCUT2D eigenvalue weighted by molar-refractivity contribution is -0.137. The lowest BCUT2D eigenvalue weighted by Gasteiger charge is -2.24. The number of thiocarbonyl (C=S) groups is 1. The molecule has 1 rings (SSSR count). The van der Waals surface area contributed by atoms with Crippen LogP contribution in [0.4, 0.5) is 18.9 Å². The molecule has 116 valence electrons. The highest BCUT2D eigenvalue weighted by Crippen LogP contribution is 2.34. The van der Waals surface area contributed by atoms with Gasteiger partial charge in [-0.1, -0.05) is 12.2 Å². The third-order valence-corrected chi connectivity index (χ3v) is 3.15. The normalized spacial score (nSPS) is 11.1. The van der Waals surface area contributed by atoms with E-state index in [0.29, 0.717) is 12.2 Å². The fourth-order valence-corrected chi connectivity index (χ4v) is 1.99. The Morgan fingerprint density at radius 2 is 2.05 bits per heavy atom. The lowest BCUT2D eigenvalue weighted by atomic mass is 10.1. The Balaban J connectivity index is 3.24. The predicted molar refractivity (Wildman–Crippen MR) is 79.3 cm³/mol. The molecule has 0 spiro atoms. The van der Waals surface area contributed by atoms with Crippen LogP contribution in [0.3, 0.4) is 0 Å². The molecule has 1 amide bonds. The molecule has 21 heavy (non-hydrogen) atoms. The zero-order valence-corrected chi connectivity index (χ0v) is 12.4. The number of hydrogen-bond donors (Lipinski definition) is 2. The molecule has 0 heterocycles. The molecule has 1 aromatic carbocycles. The number of hydrogen-bond acceptors (Lipinski definition) is 3. The molecule has 0 aliphatic heterocycles. The van der Waals surface area contributed by atoms with E-state index in [0.717, 1.165) is 6.07 Å². The summed E-state index contributed by atoms with van der Waals surface area (Å²) in [5, 5.41) is 2.46. The van der Waals surface area contributed by atoms with Crippen LogP contribution in [0.1, 0.15) is 18.1 Å². The molecular weight excluding hydrogens is 303 g/mol. The largest absolute Gasteiger partial charge is 0.417 e. The molecule has 0 saturated carbocycles. The summed E-state index contributed by atoms with van der Waals surface area (Å²) in [7, 11) is 1.49. The summed E-state index contributed by atoms with van der Waals surface area (Å²) in [6.45, 7) is 2.28. The maximum Gasteiger partial charge on any atom is 0.417 e. The van der Waals surface area contributed by atoms with Gasteiger partial charge >= 0.3 is 6.18 Å². The lowest BCUT2D eigenvalue weighted by Crippen LogP contribution is -2.35. The summed E-state index contributed by atoms with van der Waals surface area (Å²) < 4.78 is 38.7. The standard InChI is InChI=1S/C13H16F3N3OS/c1-3-19(7-11(20)18-2)8-4-5-10(13(14,15)16)9(6-8)12(17)21/h4-6H,3,7H2,1-2H3,(H2,17,21)(H,18,20). The molecule has 4 nitrogen and oxygen atoms in total. The molecule has 0 aliphatic rings. The first-order chi connectivity index (χ1) is 9.70. The maximum atomic E-state index is 12.9. The van der Waals surface area contributed by atoms with E-state index in [1.165, 1.54) is 19.2 Å². The second-order valence-corrected chi connectivity index (χ2v) is 4.72. The number of amides is 1. The maximum absolute atomic E-state index is 12.9. The quantitative estimate of drug-likeness (QED) is 0.814. The van der Waals surface area contributed by atoms with Crippen molar-refractivity contribution in [3.05, 3.63) is 29.3 Å². The van der Waals surface area contributed by atoms with Crippen LogP contribution in [0, 0.1) is 0 Å². The van der Waals surface area contributed by atoms with Crippen LogP contribution < -0.4 is 16.0 Å². The minimum absolute atomic E-state index is 0.0368. The minimum atomic E-state index is -4.53. The van der Waals surface area contributed by atoms with Crippen molar-refractivity contribution in [1.82, 2.24) is 5.32 Å². The van der Waals surface area contributed by atoms with Gasteiger partial charge in [-0.25, -0.2) is 0 Å². The number of carbonyl (C=O) groups excluding carboxylic acids is 1. The number of halogens is 3. The van der Waals surface area contributed by atoms with Gasteiger partial charge < -0.3 is 16.0 Å². The number of nitrogens with one attached hydrogen (secondary N) is 1.